The van der Waals surface area contributed by atoms with E-state index in [4.69, 9.17) is 0 Å². The van der Waals surface area contributed by atoms with Crippen LogP contribution in [0.15, 0.2) is 133 Å². The summed E-state index contributed by atoms with van der Waals surface area (Å²) in [5.74, 6) is 0. The van der Waals surface area contributed by atoms with E-state index in [2.05, 4.69) is 147 Å². The van der Waals surface area contributed by atoms with Crippen LogP contribution < -0.4 is 0 Å². The number of thiophene rings is 1. The normalized spacial score (nSPS) is 13.4. The van der Waals surface area contributed by atoms with E-state index < -0.39 is 0 Å². The summed E-state index contributed by atoms with van der Waals surface area (Å²) in [4.78, 5) is 0. The molecule has 0 nitrogen and oxygen atoms in total. The summed E-state index contributed by atoms with van der Waals surface area (Å²) >= 11 is 1.93. The van der Waals surface area contributed by atoms with Gasteiger partial charge in [0.25, 0.3) is 0 Å². The van der Waals surface area contributed by atoms with Gasteiger partial charge in [0.2, 0.25) is 0 Å². The lowest BCUT2D eigenvalue weighted by Gasteiger charge is -2.30. The van der Waals surface area contributed by atoms with Crippen molar-refractivity contribution in [2.45, 2.75) is 25.7 Å². The van der Waals surface area contributed by atoms with E-state index in [1.165, 1.54) is 74.7 Å². The summed E-state index contributed by atoms with van der Waals surface area (Å²) in [5.41, 5.74) is 5.24. The Labute approximate surface area is 244 Å². The summed E-state index contributed by atoms with van der Waals surface area (Å²) < 4.78 is 2.77. The predicted octanol–water partition coefficient (Wildman–Crippen LogP) is 11.9. The third kappa shape index (κ3) is 3.66. The molecule has 1 atom stereocenters. The van der Waals surface area contributed by atoms with Crippen LogP contribution in [0.4, 0.5) is 0 Å². The van der Waals surface area contributed by atoms with Crippen LogP contribution in [0.3, 0.4) is 0 Å². The highest BCUT2D eigenvalue weighted by Gasteiger charge is 2.29. The van der Waals surface area contributed by atoms with Crippen LogP contribution >= 0.6 is 11.3 Å². The second-order valence-corrected chi connectivity index (χ2v) is 12.4. The summed E-state index contributed by atoms with van der Waals surface area (Å²) in [6, 6.07) is 49.6. The minimum absolute atomic E-state index is 0.0720. The van der Waals surface area contributed by atoms with Crippen molar-refractivity contribution < 1.29 is 0 Å². The first-order valence-corrected chi connectivity index (χ1v) is 15.3. The number of rotatable bonds is 4. The standard InChI is InChI=1S/C40H30S/c1-3-40(2,37-17-10-16-35-34-15-8-9-18-38(34)41-39(35)37)28-22-19-26(20-23-28)27-21-24-33-31-13-5-4-11-29(31)30-12-6-7-14-32(30)36(33)25-27/h4-25H,3H2,1-2H3. The lowest BCUT2D eigenvalue weighted by Crippen LogP contribution is -2.22. The van der Waals surface area contributed by atoms with Gasteiger partial charge in [0.15, 0.2) is 0 Å². The molecule has 0 aliphatic carbocycles. The van der Waals surface area contributed by atoms with Crippen molar-refractivity contribution in [1.82, 2.24) is 0 Å². The molecule has 1 heterocycles. The highest BCUT2D eigenvalue weighted by Crippen LogP contribution is 2.45. The van der Waals surface area contributed by atoms with E-state index in [1.54, 1.807) is 0 Å². The molecule has 8 rings (SSSR count). The zero-order chi connectivity index (χ0) is 27.6. The molecule has 1 unspecified atom stereocenters. The summed E-state index contributed by atoms with van der Waals surface area (Å²) in [7, 11) is 0. The second kappa shape index (κ2) is 9.29. The van der Waals surface area contributed by atoms with Gasteiger partial charge in [0.1, 0.15) is 0 Å². The zero-order valence-electron chi connectivity index (χ0n) is 23.3. The monoisotopic (exact) mass is 542 g/mol. The van der Waals surface area contributed by atoms with E-state index in [-0.39, 0.29) is 5.41 Å². The number of hydrogen-bond donors (Lipinski definition) is 0. The first-order chi connectivity index (χ1) is 20.2. The van der Waals surface area contributed by atoms with Gasteiger partial charge in [0.05, 0.1) is 0 Å². The molecule has 196 valence electrons. The summed E-state index contributed by atoms with van der Waals surface area (Å²) in [5, 5.41) is 10.6. The van der Waals surface area contributed by atoms with E-state index in [0.29, 0.717) is 0 Å². The van der Waals surface area contributed by atoms with E-state index in [1.807, 2.05) is 11.3 Å². The zero-order valence-corrected chi connectivity index (χ0v) is 24.1. The molecule has 7 aromatic carbocycles. The molecule has 41 heavy (non-hydrogen) atoms. The van der Waals surface area contributed by atoms with Crippen molar-refractivity contribution in [2.24, 2.45) is 0 Å². The average molecular weight is 543 g/mol. The maximum atomic E-state index is 2.41. The van der Waals surface area contributed by atoms with Crippen LogP contribution in [0.1, 0.15) is 31.4 Å². The van der Waals surface area contributed by atoms with Crippen LogP contribution in [0.2, 0.25) is 0 Å². The van der Waals surface area contributed by atoms with Gasteiger partial charge in [-0.25, -0.2) is 0 Å². The van der Waals surface area contributed by atoms with E-state index in [9.17, 15) is 0 Å². The van der Waals surface area contributed by atoms with E-state index >= 15 is 0 Å². The fraction of sp³-hybridized carbons (Fsp3) is 0.100. The fourth-order valence-corrected chi connectivity index (χ4v) is 8.20. The number of fused-ring (bicyclic) bond motifs is 9. The Balaban J connectivity index is 1.25. The van der Waals surface area contributed by atoms with Crippen LogP contribution in [-0.2, 0) is 5.41 Å². The molecule has 0 saturated carbocycles. The van der Waals surface area contributed by atoms with E-state index in [0.717, 1.165) is 6.42 Å². The predicted molar refractivity (Wildman–Crippen MR) is 180 cm³/mol. The van der Waals surface area contributed by atoms with Gasteiger partial charge >= 0.3 is 0 Å². The smallest absolute Gasteiger partial charge is 0.0396 e. The number of benzene rings is 7. The van der Waals surface area contributed by atoms with Gasteiger partial charge in [-0.3, -0.25) is 0 Å². The molecule has 1 aromatic heterocycles. The molecule has 1 heteroatoms. The minimum Gasteiger partial charge on any atom is -0.135 e. The molecule has 0 fully saturated rings. The van der Waals surface area contributed by atoms with Gasteiger partial charge in [-0.1, -0.05) is 135 Å². The number of hydrogen-bond acceptors (Lipinski definition) is 1. The maximum absolute atomic E-state index is 2.41. The lowest BCUT2D eigenvalue weighted by atomic mass is 9.73. The first-order valence-electron chi connectivity index (χ1n) is 14.5. The highest BCUT2D eigenvalue weighted by molar-refractivity contribution is 7.26. The van der Waals surface area contributed by atoms with Crippen molar-refractivity contribution in [3.05, 3.63) is 145 Å². The molecule has 0 spiro atoms. The van der Waals surface area contributed by atoms with Gasteiger partial charge in [-0.05, 0) is 73.1 Å². The minimum atomic E-state index is -0.0720. The Morgan fingerprint density at radius 1 is 0.488 bits per heavy atom. The Kier molecular flexibility index (Phi) is 5.52. The Morgan fingerprint density at radius 2 is 1.02 bits per heavy atom. The Bertz CT molecular complexity index is 2220. The van der Waals surface area contributed by atoms with Gasteiger partial charge in [-0.2, -0.15) is 0 Å². The van der Waals surface area contributed by atoms with Crippen molar-refractivity contribution in [1.29, 1.82) is 0 Å². The lowest BCUT2D eigenvalue weighted by molar-refractivity contribution is 0.555. The quantitative estimate of drug-likeness (QED) is 0.194. The van der Waals surface area contributed by atoms with Gasteiger partial charge < -0.3 is 0 Å². The van der Waals surface area contributed by atoms with Crippen LogP contribution in [0, 0.1) is 0 Å². The molecule has 0 radical (unpaired) electrons. The average Bonchev–Trinajstić information content (AvgIpc) is 3.43. The SMILES string of the molecule is CCC(C)(c1ccc(-c2ccc3c4ccccc4c4ccccc4c3c2)cc1)c1cccc2c1sc1ccccc12. The molecular weight excluding hydrogens is 513 g/mol. The van der Waals surface area contributed by atoms with Gasteiger partial charge in [0, 0.05) is 25.6 Å². The molecule has 0 aliphatic heterocycles. The Morgan fingerprint density at radius 3 is 1.68 bits per heavy atom. The van der Waals surface area contributed by atoms with Crippen molar-refractivity contribution in [3.63, 3.8) is 0 Å². The largest absolute Gasteiger partial charge is 0.135 e. The van der Waals surface area contributed by atoms with Crippen molar-refractivity contribution >= 4 is 63.8 Å². The fourth-order valence-electron chi connectivity index (χ4n) is 6.85. The van der Waals surface area contributed by atoms with Crippen molar-refractivity contribution in [2.75, 3.05) is 0 Å². The Hall–Kier alpha value is -4.46. The van der Waals surface area contributed by atoms with Crippen LogP contribution in [0.5, 0.6) is 0 Å². The molecule has 0 N–H and O–H groups in total. The molecular formula is C40H30S. The van der Waals surface area contributed by atoms with Crippen molar-refractivity contribution in [3.8, 4) is 11.1 Å². The third-order valence-electron chi connectivity index (χ3n) is 9.31. The van der Waals surface area contributed by atoms with Crippen LogP contribution in [0.25, 0.3) is 63.6 Å². The molecule has 0 aliphatic rings. The molecule has 0 amide bonds. The second-order valence-electron chi connectivity index (χ2n) is 11.4. The molecule has 8 aromatic rings. The first kappa shape index (κ1) is 24.3. The molecule has 0 saturated heterocycles. The summed E-state index contributed by atoms with van der Waals surface area (Å²) in [6.07, 6.45) is 1.04. The topological polar surface area (TPSA) is 0 Å². The summed E-state index contributed by atoms with van der Waals surface area (Å²) in [6.45, 7) is 4.73. The third-order valence-corrected chi connectivity index (χ3v) is 10.5. The van der Waals surface area contributed by atoms with Gasteiger partial charge in [-0.15, -0.1) is 11.3 Å². The highest BCUT2D eigenvalue weighted by atomic mass is 32.1. The maximum Gasteiger partial charge on any atom is 0.0396 e. The van der Waals surface area contributed by atoms with Crippen LogP contribution in [-0.4, -0.2) is 0 Å². The molecule has 0 bridgehead atoms.